The van der Waals surface area contributed by atoms with E-state index in [2.05, 4.69) is 4.74 Å². The first-order valence-corrected chi connectivity index (χ1v) is 8.07. The molecule has 2 atom stereocenters. The lowest BCUT2D eigenvalue weighted by molar-refractivity contribution is -0.147. The van der Waals surface area contributed by atoms with Crippen LogP contribution >= 0.6 is 0 Å². The lowest BCUT2D eigenvalue weighted by atomic mass is 10.1. The molecule has 1 saturated carbocycles. The van der Waals surface area contributed by atoms with Crippen LogP contribution in [0.4, 0.5) is 13.2 Å². The van der Waals surface area contributed by atoms with Crippen molar-refractivity contribution in [3.8, 4) is 0 Å². The van der Waals surface area contributed by atoms with Gasteiger partial charge in [0.2, 0.25) is 0 Å². The lowest BCUT2D eigenvalue weighted by Crippen LogP contribution is -2.13. The maximum absolute atomic E-state index is 14.0. The molecule has 0 saturated heterocycles. The minimum atomic E-state index is -1.32. The molecule has 0 aliphatic heterocycles. The van der Waals surface area contributed by atoms with Crippen molar-refractivity contribution in [3.05, 3.63) is 46.3 Å². The molecule has 6 heteroatoms. The Bertz CT molecular complexity index is 706. The number of methoxy groups -OCH3 is 1. The van der Waals surface area contributed by atoms with Gasteiger partial charge in [-0.3, -0.25) is 4.79 Å². The third-order valence-electron chi connectivity index (χ3n) is 4.66. The zero-order valence-corrected chi connectivity index (χ0v) is 15.1. The largest absolute Gasteiger partial charge is 0.460 e. The van der Waals surface area contributed by atoms with E-state index in [4.69, 9.17) is 4.74 Å². The highest BCUT2D eigenvalue weighted by molar-refractivity contribution is 5.78. The van der Waals surface area contributed by atoms with Crippen molar-refractivity contribution in [2.45, 2.75) is 40.9 Å². The summed E-state index contributed by atoms with van der Waals surface area (Å²) in [6, 6.07) is 0.839. The molecule has 1 aliphatic rings. The molecule has 1 aromatic carbocycles. The summed E-state index contributed by atoms with van der Waals surface area (Å²) < 4.78 is 51.6. The van der Waals surface area contributed by atoms with Gasteiger partial charge in [0.15, 0.2) is 11.6 Å². The SMILES string of the molecule is COCc1c(F)cc(COC(=O)C2C(C=C(C)C)C2(C)C)c(F)c1F. The fourth-order valence-electron chi connectivity index (χ4n) is 3.10. The molecule has 0 radical (unpaired) electrons. The Morgan fingerprint density at radius 1 is 1.20 bits per heavy atom. The molecule has 25 heavy (non-hydrogen) atoms. The second-order valence-electron chi connectivity index (χ2n) is 7.23. The van der Waals surface area contributed by atoms with Crippen molar-refractivity contribution in [2.24, 2.45) is 17.3 Å². The summed E-state index contributed by atoms with van der Waals surface area (Å²) in [6.45, 7) is 6.89. The van der Waals surface area contributed by atoms with Crippen molar-refractivity contribution >= 4 is 5.97 Å². The van der Waals surface area contributed by atoms with Crippen LogP contribution in [0.3, 0.4) is 0 Å². The van der Waals surface area contributed by atoms with E-state index in [9.17, 15) is 18.0 Å². The van der Waals surface area contributed by atoms with Gasteiger partial charge in [0.05, 0.1) is 18.1 Å². The molecular formula is C19H23F3O3. The maximum atomic E-state index is 14.0. The molecule has 0 amide bonds. The molecule has 1 aromatic rings. The third kappa shape index (κ3) is 3.89. The predicted molar refractivity (Wildman–Crippen MR) is 87.0 cm³/mol. The number of carbonyl (C=O) groups is 1. The number of hydrogen-bond donors (Lipinski definition) is 0. The highest BCUT2D eigenvalue weighted by atomic mass is 19.2. The predicted octanol–water partition coefficient (Wildman–Crippen LogP) is 4.53. The number of esters is 1. The lowest BCUT2D eigenvalue weighted by Gasteiger charge is -2.10. The average molecular weight is 356 g/mol. The van der Waals surface area contributed by atoms with Crippen LogP contribution in [-0.4, -0.2) is 13.1 Å². The number of hydrogen-bond acceptors (Lipinski definition) is 3. The van der Waals surface area contributed by atoms with Gasteiger partial charge in [0, 0.05) is 12.7 Å². The summed E-state index contributed by atoms with van der Waals surface area (Å²) in [6.07, 6.45) is 2.01. The molecule has 0 N–H and O–H groups in total. The zero-order chi connectivity index (χ0) is 18.9. The van der Waals surface area contributed by atoms with Crippen LogP contribution in [0.2, 0.25) is 0 Å². The maximum Gasteiger partial charge on any atom is 0.310 e. The first-order chi connectivity index (χ1) is 11.6. The number of allylic oxidation sites excluding steroid dienone is 2. The third-order valence-corrected chi connectivity index (χ3v) is 4.66. The Morgan fingerprint density at radius 2 is 1.84 bits per heavy atom. The monoisotopic (exact) mass is 356 g/mol. The minimum Gasteiger partial charge on any atom is -0.460 e. The number of ether oxygens (including phenoxy) is 2. The topological polar surface area (TPSA) is 35.5 Å². The summed E-state index contributed by atoms with van der Waals surface area (Å²) >= 11 is 0. The van der Waals surface area contributed by atoms with Gasteiger partial charge in [0.1, 0.15) is 12.4 Å². The van der Waals surface area contributed by atoms with Crippen LogP contribution in [0, 0.1) is 34.7 Å². The smallest absolute Gasteiger partial charge is 0.310 e. The summed E-state index contributed by atoms with van der Waals surface area (Å²) in [5.74, 6) is -4.26. The van der Waals surface area contributed by atoms with Crippen molar-refractivity contribution in [3.63, 3.8) is 0 Å². The van der Waals surface area contributed by atoms with Crippen LogP contribution in [0.15, 0.2) is 17.7 Å². The van der Waals surface area contributed by atoms with Crippen LogP contribution < -0.4 is 0 Å². The summed E-state index contributed by atoms with van der Waals surface area (Å²) in [4.78, 5) is 12.3. The standard InChI is InChI=1S/C19H23F3O3/c1-10(2)6-13-15(19(13,3)4)18(23)25-8-11-7-14(20)12(9-24-5)17(22)16(11)21/h6-7,13,15H,8-9H2,1-5H3. The van der Waals surface area contributed by atoms with E-state index in [1.54, 1.807) is 0 Å². The van der Waals surface area contributed by atoms with Crippen molar-refractivity contribution in [2.75, 3.05) is 7.11 Å². The molecule has 3 nitrogen and oxygen atoms in total. The van der Waals surface area contributed by atoms with Gasteiger partial charge >= 0.3 is 5.97 Å². The summed E-state index contributed by atoms with van der Waals surface area (Å²) in [5, 5.41) is 0. The van der Waals surface area contributed by atoms with E-state index >= 15 is 0 Å². The first-order valence-electron chi connectivity index (χ1n) is 8.07. The highest BCUT2D eigenvalue weighted by Crippen LogP contribution is 2.59. The molecule has 138 valence electrons. The Labute approximate surface area is 145 Å². The highest BCUT2D eigenvalue weighted by Gasteiger charge is 2.61. The fraction of sp³-hybridized carbons (Fsp3) is 0.526. The summed E-state index contributed by atoms with van der Waals surface area (Å²) in [5.41, 5.74) is 0.0332. The number of rotatable bonds is 6. The molecular weight excluding hydrogens is 333 g/mol. The Hall–Kier alpha value is -1.82. The average Bonchev–Trinajstić information content (AvgIpc) is 3.05. The van der Waals surface area contributed by atoms with E-state index < -0.39 is 35.6 Å². The number of benzene rings is 1. The normalized spacial score (nSPS) is 21.0. The van der Waals surface area contributed by atoms with Crippen molar-refractivity contribution < 1.29 is 27.4 Å². The Morgan fingerprint density at radius 3 is 2.40 bits per heavy atom. The van der Waals surface area contributed by atoms with Gasteiger partial charge in [-0.2, -0.15) is 0 Å². The number of carbonyl (C=O) groups excluding carboxylic acids is 1. The van der Waals surface area contributed by atoms with Gasteiger partial charge in [-0.05, 0) is 31.2 Å². The van der Waals surface area contributed by atoms with Gasteiger partial charge in [0.25, 0.3) is 0 Å². The van der Waals surface area contributed by atoms with E-state index in [-0.39, 0.29) is 29.4 Å². The Kier molecular flexibility index (Phi) is 5.62. The summed E-state index contributed by atoms with van der Waals surface area (Å²) in [7, 11) is 1.26. The molecule has 1 aliphatic carbocycles. The van der Waals surface area contributed by atoms with Gasteiger partial charge in [-0.1, -0.05) is 25.5 Å². The molecule has 0 aromatic heterocycles. The van der Waals surface area contributed by atoms with E-state index in [1.807, 2.05) is 33.8 Å². The van der Waals surface area contributed by atoms with Crippen LogP contribution in [0.1, 0.15) is 38.8 Å². The van der Waals surface area contributed by atoms with Crippen LogP contribution in [-0.2, 0) is 27.5 Å². The van der Waals surface area contributed by atoms with Crippen molar-refractivity contribution in [1.82, 2.24) is 0 Å². The first kappa shape index (κ1) is 19.5. The Balaban J connectivity index is 2.10. The minimum absolute atomic E-state index is 0.0485. The van der Waals surface area contributed by atoms with Gasteiger partial charge in [-0.25, -0.2) is 13.2 Å². The number of halogens is 3. The molecule has 1 fully saturated rings. The van der Waals surface area contributed by atoms with Crippen molar-refractivity contribution in [1.29, 1.82) is 0 Å². The second kappa shape index (κ2) is 7.20. The molecule has 2 unspecified atom stereocenters. The van der Waals surface area contributed by atoms with Crippen LogP contribution in [0.25, 0.3) is 0 Å². The molecule has 0 heterocycles. The molecule has 0 bridgehead atoms. The van der Waals surface area contributed by atoms with E-state index in [1.165, 1.54) is 7.11 Å². The fourth-order valence-corrected chi connectivity index (χ4v) is 3.10. The quantitative estimate of drug-likeness (QED) is 0.427. The molecule has 0 spiro atoms. The van der Waals surface area contributed by atoms with E-state index in [0.717, 1.165) is 11.6 Å². The second-order valence-corrected chi connectivity index (χ2v) is 7.23. The van der Waals surface area contributed by atoms with Gasteiger partial charge in [-0.15, -0.1) is 0 Å². The zero-order valence-electron chi connectivity index (χ0n) is 15.1. The van der Waals surface area contributed by atoms with Crippen LogP contribution in [0.5, 0.6) is 0 Å². The molecule has 2 rings (SSSR count). The van der Waals surface area contributed by atoms with E-state index in [0.29, 0.717) is 0 Å². The van der Waals surface area contributed by atoms with Gasteiger partial charge < -0.3 is 9.47 Å².